The van der Waals surface area contributed by atoms with Gasteiger partial charge in [0.25, 0.3) is 0 Å². The zero-order chi connectivity index (χ0) is 19.7. The molecule has 1 fully saturated rings. The predicted molar refractivity (Wildman–Crippen MR) is 122 cm³/mol. The average molecular weight is 528 g/mol. The first-order chi connectivity index (χ1) is 12.9. The number of hydrogen-bond acceptors (Lipinski definition) is 5. The van der Waals surface area contributed by atoms with Gasteiger partial charge in [0.1, 0.15) is 0 Å². The third kappa shape index (κ3) is 8.21. The molecule has 0 aromatic carbocycles. The molecule has 0 atom stereocenters. The lowest BCUT2D eigenvalue weighted by molar-refractivity contribution is 0.0904. The summed E-state index contributed by atoms with van der Waals surface area (Å²) in [4.78, 5) is 6.43. The molecule has 0 unspecified atom stereocenters. The van der Waals surface area contributed by atoms with E-state index in [1.165, 1.54) is 0 Å². The van der Waals surface area contributed by atoms with Crippen molar-refractivity contribution in [3.8, 4) is 0 Å². The van der Waals surface area contributed by atoms with Gasteiger partial charge < -0.3 is 15.0 Å². The highest BCUT2D eigenvalue weighted by Crippen LogP contribution is 2.09. The number of aliphatic imine (C=N–C) groups is 1. The Morgan fingerprint density at radius 2 is 2.00 bits per heavy atom. The Balaban J connectivity index is 0.00000392. The standard InChI is InChI=1S/C17H32N6O3S.HI/c1-16(2)26-14-15-27(24,25)23-12-10-21(11-13-23)17(18-3)19-6-4-8-22-9-5-7-20-22;/h5,7,9,16H,4,6,8,10-15H2,1-3H3,(H,18,19);1H. The van der Waals surface area contributed by atoms with Crippen molar-refractivity contribution in [3.63, 3.8) is 0 Å². The van der Waals surface area contributed by atoms with Gasteiger partial charge in [-0.15, -0.1) is 24.0 Å². The van der Waals surface area contributed by atoms with Gasteiger partial charge in [0, 0.05) is 58.7 Å². The molecule has 9 nitrogen and oxygen atoms in total. The van der Waals surface area contributed by atoms with Crippen LogP contribution in [0.1, 0.15) is 20.3 Å². The topological polar surface area (TPSA) is 92.1 Å². The summed E-state index contributed by atoms with van der Waals surface area (Å²) >= 11 is 0. The van der Waals surface area contributed by atoms with E-state index in [0.717, 1.165) is 25.5 Å². The van der Waals surface area contributed by atoms with Gasteiger partial charge in [-0.3, -0.25) is 9.67 Å². The molecule has 0 saturated carbocycles. The third-order valence-corrected chi connectivity index (χ3v) is 6.18. The molecule has 0 amide bonds. The summed E-state index contributed by atoms with van der Waals surface area (Å²) in [7, 11) is -1.52. The quantitative estimate of drug-likeness (QED) is 0.221. The van der Waals surface area contributed by atoms with Gasteiger partial charge in [-0.1, -0.05) is 0 Å². The third-order valence-electron chi connectivity index (χ3n) is 4.34. The molecule has 1 aliphatic rings. The maximum atomic E-state index is 12.4. The lowest BCUT2D eigenvalue weighted by Crippen LogP contribution is -2.54. The summed E-state index contributed by atoms with van der Waals surface area (Å²) in [5, 5.41) is 7.53. The van der Waals surface area contributed by atoms with Crippen molar-refractivity contribution < 1.29 is 13.2 Å². The Morgan fingerprint density at radius 3 is 2.57 bits per heavy atom. The number of aromatic nitrogens is 2. The van der Waals surface area contributed by atoms with Gasteiger partial charge in [-0.2, -0.15) is 9.40 Å². The van der Waals surface area contributed by atoms with Crippen LogP contribution in [-0.2, 0) is 21.3 Å². The van der Waals surface area contributed by atoms with Gasteiger partial charge in [-0.25, -0.2) is 8.42 Å². The summed E-state index contributed by atoms with van der Waals surface area (Å²) in [5.74, 6) is 0.849. The fourth-order valence-corrected chi connectivity index (χ4v) is 4.19. The van der Waals surface area contributed by atoms with Crippen LogP contribution < -0.4 is 5.32 Å². The Bertz CT molecular complexity index is 673. The predicted octanol–water partition coefficient (Wildman–Crippen LogP) is 0.839. The molecule has 11 heteroatoms. The van der Waals surface area contributed by atoms with E-state index in [1.807, 2.05) is 30.8 Å². The molecule has 1 aromatic rings. The van der Waals surface area contributed by atoms with E-state index < -0.39 is 10.0 Å². The molecule has 1 N–H and O–H groups in total. The van der Waals surface area contributed by atoms with E-state index in [1.54, 1.807) is 17.5 Å². The van der Waals surface area contributed by atoms with E-state index >= 15 is 0 Å². The fourth-order valence-electron chi connectivity index (χ4n) is 2.90. The Morgan fingerprint density at radius 1 is 1.29 bits per heavy atom. The highest BCUT2D eigenvalue weighted by molar-refractivity contribution is 14.0. The largest absolute Gasteiger partial charge is 0.378 e. The van der Waals surface area contributed by atoms with Crippen LogP contribution in [0.3, 0.4) is 0 Å². The molecule has 0 spiro atoms. The first-order valence-corrected chi connectivity index (χ1v) is 11.1. The maximum Gasteiger partial charge on any atom is 0.216 e. The number of ether oxygens (including phenoxy) is 1. The number of nitrogens with zero attached hydrogens (tertiary/aromatic N) is 5. The van der Waals surface area contributed by atoms with Crippen LogP contribution in [-0.4, -0.2) is 91.6 Å². The number of halogens is 1. The second kappa shape index (κ2) is 12.6. The number of hydrogen-bond donors (Lipinski definition) is 1. The van der Waals surface area contributed by atoms with Crippen molar-refractivity contribution in [3.05, 3.63) is 18.5 Å². The lowest BCUT2D eigenvalue weighted by atomic mass is 10.3. The summed E-state index contributed by atoms with van der Waals surface area (Å²) in [5.41, 5.74) is 0. The monoisotopic (exact) mass is 528 g/mol. The van der Waals surface area contributed by atoms with Crippen molar-refractivity contribution >= 4 is 40.0 Å². The van der Waals surface area contributed by atoms with Crippen LogP contribution in [0.4, 0.5) is 0 Å². The molecule has 1 aliphatic heterocycles. The van der Waals surface area contributed by atoms with E-state index in [4.69, 9.17) is 4.74 Å². The summed E-state index contributed by atoms with van der Waals surface area (Å²) in [6.07, 6.45) is 4.69. The molecular formula is C17H33IN6O3S. The highest BCUT2D eigenvalue weighted by Gasteiger charge is 2.27. The summed E-state index contributed by atoms with van der Waals surface area (Å²) in [6.45, 7) is 7.87. The second-order valence-electron chi connectivity index (χ2n) is 6.72. The number of rotatable bonds is 9. The minimum Gasteiger partial charge on any atom is -0.378 e. The maximum absolute atomic E-state index is 12.4. The fraction of sp³-hybridized carbons (Fsp3) is 0.765. The number of sulfonamides is 1. The van der Waals surface area contributed by atoms with Gasteiger partial charge in [0.2, 0.25) is 10.0 Å². The molecule has 2 heterocycles. The van der Waals surface area contributed by atoms with E-state index in [-0.39, 0.29) is 42.4 Å². The van der Waals surface area contributed by atoms with Crippen LogP contribution in [0.15, 0.2) is 23.5 Å². The van der Waals surface area contributed by atoms with Crippen LogP contribution in [0.5, 0.6) is 0 Å². The SMILES string of the molecule is CN=C(NCCCn1cccn1)N1CCN(S(=O)(=O)CCOC(C)C)CC1.I. The van der Waals surface area contributed by atoms with Gasteiger partial charge in [-0.05, 0) is 26.3 Å². The van der Waals surface area contributed by atoms with Crippen LogP contribution in [0, 0.1) is 0 Å². The van der Waals surface area contributed by atoms with Crippen molar-refractivity contribution in [2.75, 3.05) is 52.1 Å². The lowest BCUT2D eigenvalue weighted by Gasteiger charge is -2.35. The normalized spacial score (nSPS) is 16.3. The number of piperazine rings is 1. The molecule has 0 aliphatic carbocycles. The Kier molecular flexibility index (Phi) is 11.3. The first kappa shape index (κ1) is 25.1. The minimum absolute atomic E-state index is 0. The van der Waals surface area contributed by atoms with E-state index in [9.17, 15) is 8.42 Å². The van der Waals surface area contributed by atoms with Crippen LogP contribution in [0.2, 0.25) is 0 Å². The Hall–Kier alpha value is -0.920. The zero-order valence-corrected chi connectivity index (χ0v) is 20.1. The van der Waals surface area contributed by atoms with Crippen molar-refractivity contribution in [1.82, 2.24) is 24.3 Å². The molecule has 1 aromatic heterocycles. The number of aryl methyl sites for hydroxylation is 1. The Labute approximate surface area is 185 Å². The van der Waals surface area contributed by atoms with E-state index in [2.05, 4.69) is 20.3 Å². The van der Waals surface area contributed by atoms with E-state index in [0.29, 0.717) is 26.2 Å². The smallest absolute Gasteiger partial charge is 0.216 e. The molecule has 28 heavy (non-hydrogen) atoms. The van der Waals surface area contributed by atoms with Crippen molar-refractivity contribution in [1.29, 1.82) is 0 Å². The van der Waals surface area contributed by atoms with Crippen LogP contribution >= 0.6 is 24.0 Å². The summed E-state index contributed by atoms with van der Waals surface area (Å²) in [6, 6.07) is 1.91. The van der Waals surface area contributed by atoms with Crippen molar-refractivity contribution in [2.45, 2.75) is 32.9 Å². The molecule has 1 saturated heterocycles. The van der Waals surface area contributed by atoms with Gasteiger partial charge in [0.05, 0.1) is 18.5 Å². The average Bonchev–Trinajstić information content (AvgIpc) is 3.15. The van der Waals surface area contributed by atoms with Crippen molar-refractivity contribution in [2.24, 2.45) is 4.99 Å². The summed E-state index contributed by atoms with van der Waals surface area (Å²) < 4.78 is 33.6. The molecular weight excluding hydrogens is 495 g/mol. The van der Waals surface area contributed by atoms with Gasteiger partial charge >= 0.3 is 0 Å². The molecule has 2 rings (SSSR count). The molecule has 0 radical (unpaired) electrons. The molecule has 0 bridgehead atoms. The second-order valence-corrected chi connectivity index (χ2v) is 8.81. The van der Waals surface area contributed by atoms with Crippen LogP contribution in [0.25, 0.3) is 0 Å². The number of nitrogens with one attached hydrogen (secondary N) is 1. The highest BCUT2D eigenvalue weighted by atomic mass is 127. The molecule has 162 valence electrons. The van der Waals surface area contributed by atoms with Gasteiger partial charge in [0.15, 0.2) is 5.96 Å². The zero-order valence-electron chi connectivity index (χ0n) is 17.0. The number of guanidine groups is 1. The first-order valence-electron chi connectivity index (χ1n) is 9.45. The minimum atomic E-state index is -3.27.